The van der Waals surface area contributed by atoms with Crippen LogP contribution in [0.25, 0.3) is 11.0 Å². The van der Waals surface area contributed by atoms with Crippen LogP contribution in [0.15, 0.2) is 53.3 Å². The molecular formula is C16H15N3O2. The molecule has 21 heavy (non-hydrogen) atoms. The maximum atomic E-state index is 12.4. The predicted octanol–water partition coefficient (Wildman–Crippen LogP) is 2.35. The van der Waals surface area contributed by atoms with E-state index >= 15 is 0 Å². The molecule has 1 amide bonds. The summed E-state index contributed by atoms with van der Waals surface area (Å²) < 4.78 is 0. The van der Waals surface area contributed by atoms with E-state index in [1.165, 1.54) is 0 Å². The highest BCUT2D eigenvalue weighted by atomic mass is 16.2. The van der Waals surface area contributed by atoms with Crippen LogP contribution in [0.4, 0.5) is 0 Å². The Morgan fingerprint density at radius 2 is 1.81 bits per heavy atom. The van der Waals surface area contributed by atoms with Crippen molar-refractivity contribution in [1.29, 1.82) is 0 Å². The summed E-state index contributed by atoms with van der Waals surface area (Å²) in [6, 6.07) is 14.8. The van der Waals surface area contributed by atoms with E-state index < -0.39 is 0 Å². The van der Waals surface area contributed by atoms with Gasteiger partial charge in [-0.2, -0.15) is 0 Å². The molecule has 2 aromatic carbocycles. The summed E-state index contributed by atoms with van der Waals surface area (Å²) in [7, 11) is 0. The second-order valence-corrected chi connectivity index (χ2v) is 4.91. The van der Waals surface area contributed by atoms with Crippen molar-refractivity contribution in [1.82, 2.24) is 15.3 Å². The number of H-pyrrole nitrogens is 2. The van der Waals surface area contributed by atoms with Crippen LogP contribution in [0.5, 0.6) is 0 Å². The zero-order valence-electron chi connectivity index (χ0n) is 11.5. The van der Waals surface area contributed by atoms with E-state index in [4.69, 9.17) is 0 Å². The van der Waals surface area contributed by atoms with E-state index in [1.54, 1.807) is 18.2 Å². The first-order valence-corrected chi connectivity index (χ1v) is 6.72. The van der Waals surface area contributed by atoms with Gasteiger partial charge in [0.05, 0.1) is 22.6 Å². The number of carbonyl (C=O) groups is 1. The van der Waals surface area contributed by atoms with Gasteiger partial charge in [-0.3, -0.25) is 4.79 Å². The summed E-state index contributed by atoms with van der Waals surface area (Å²) in [5, 5.41) is 2.94. The first-order chi connectivity index (χ1) is 10.1. The van der Waals surface area contributed by atoms with Gasteiger partial charge in [0.2, 0.25) is 0 Å². The molecule has 0 fully saturated rings. The smallest absolute Gasteiger partial charge is 0.323 e. The highest BCUT2D eigenvalue weighted by Gasteiger charge is 2.15. The lowest BCUT2D eigenvalue weighted by Gasteiger charge is -2.14. The number of carbonyl (C=O) groups excluding carboxylic acids is 1. The van der Waals surface area contributed by atoms with Crippen LogP contribution in [0, 0.1) is 0 Å². The molecule has 0 spiro atoms. The van der Waals surface area contributed by atoms with Crippen LogP contribution in [0.2, 0.25) is 0 Å². The molecule has 5 nitrogen and oxygen atoms in total. The van der Waals surface area contributed by atoms with Crippen LogP contribution in [-0.4, -0.2) is 15.9 Å². The highest BCUT2D eigenvalue weighted by Crippen LogP contribution is 2.16. The fourth-order valence-electron chi connectivity index (χ4n) is 2.35. The molecule has 1 atom stereocenters. The van der Waals surface area contributed by atoms with Gasteiger partial charge in [-0.15, -0.1) is 0 Å². The molecule has 3 rings (SSSR count). The number of amides is 1. The Morgan fingerprint density at radius 1 is 1.05 bits per heavy atom. The molecule has 1 unspecified atom stereocenters. The van der Waals surface area contributed by atoms with Crippen molar-refractivity contribution in [2.45, 2.75) is 13.0 Å². The number of nitrogens with one attached hydrogen (secondary N) is 3. The van der Waals surface area contributed by atoms with Crippen molar-refractivity contribution in [3.05, 3.63) is 70.1 Å². The summed E-state index contributed by atoms with van der Waals surface area (Å²) in [5.41, 5.74) is 2.32. The minimum atomic E-state index is -0.318. The van der Waals surface area contributed by atoms with Crippen LogP contribution in [0.1, 0.15) is 28.9 Å². The molecule has 1 heterocycles. The first-order valence-electron chi connectivity index (χ1n) is 6.72. The van der Waals surface area contributed by atoms with Crippen LogP contribution < -0.4 is 11.0 Å². The highest BCUT2D eigenvalue weighted by molar-refractivity contribution is 6.04. The fourth-order valence-corrected chi connectivity index (χ4v) is 2.35. The Morgan fingerprint density at radius 3 is 2.57 bits per heavy atom. The molecule has 0 radical (unpaired) electrons. The van der Waals surface area contributed by atoms with Gasteiger partial charge < -0.3 is 15.3 Å². The van der Waals surface area contributed by atoms with Gasteiger partial charge >= 0.3 is 5.69 Å². The summed E-state index contributed by atoms with van der Waals surface area (Å²) >= 11 is 0. The number of hydrogen-bond acceptors (Lipinski definition) is 2. The molecule has 3 N–H and O–H groups in total. The van der Waals surface area contributed by atoms with Gasteiger partial charge in [-0.05, 0) is 24.6 Å². The second kappa shape index (κ2) is 5.28. The maximum Gasteiger partial charge on any atom is 0.323 e. The minimum absolute atomic E-state index is 0.111. The van der Waals surface area contributed by atoms with E-state index in [2.05, 4.69) is 15.3 Å². The number of hydrogen-bond donors (Lipinski definition) is 3. The zero-order chi connectivity index (χ0) is 14.8. The van der Waals surface area contributed by atoms with Gasteiger partial charge in [0, 0.05) is 0 Å². The maximum absolute atomic E-state index is 12.4. The fraction of sp³-hybridized carbons (Fsp3) is 0.125. The van der Waals surface area contributed by atoms with Crippen molar-refractivity contribution in [3.63, 3.8) is 0 Å². The summed E-state index contributed by atoms with van der Waals surface area (Å²) in [6.07, 6.45) is 0. The Labute approximate surface area is 121 Å². The number of rotatable bonds is 3. The largest absolute Gasteiger partial charge is 0.345 e. The minimum Gasteiger partial charge on any atom is -0.345 e. The summed E-state index contributed by atoms with van der Waals surface area (Å²) in [6.45, 7) is 1.92. The number of aromatic amines is 2. The van der Waals surface area contributed by atoms with Crippen LogP contribution >= 0.6 is 0 Å². The van der Waals surface area contributed by atoms with E-state index in [-0.39, 0.29) is 17.6 Å². The zero-order valence-corrected chi connectivity index (χ0v) is 11.5. The molecule has 3 aromatic rings. The topological polar surface area (TPSA) is 77.8 Å². The number of aromatic nitrogens is 2. The third kappa shape index (κ3) is 2.58. The van der Waals surface area contributed by atoms with Gasteiger partial charge in [-0.1, -0.05) is 36.4 Å². The lowest BCUT2D eigenvalue weighted by Crippen LogP contribution is -2.26. The number of imidazole rings is 1. The van der Waals surface area contributed by atoms with Crippen LogP contribution in [-0.2, 0) is 0 Å². The van der Waals surface area contributed by atoms with Gasteiger partial charge in [0.25, 0.3) is 5.91 Å². The normalized spacial score (nSPS) is 12.2. The standard InChI is InChI=1S/C16H15N3O2/c1-10(11-6-3-2-4-7-11)17-15(20)12-8-5-9-13-14(12)19-16(21)18-13/h2-10H,1H3,(H,17,20)(H2,18,19,21). The first kappa shape index (κ1) is 13.2. The Balaban J connectivity index is 1.89. The van der Waals surface area contributed by atoms with Gasteiger partial charge in [0.15, 0.2) is 0 Å². The number of benzene rings is 2. The van der Waals surface area contributed by atoms with Gasteiger partial charge in [-0.25, -0.2) is 4.79 Å². The second-order valence-electron chi connectivity index (χ2n) is 4.91. The third-order valence-electron chi connectivity index (χ3n) is 3.44. The van der Waals surface area contributed by atoms with E-state index in [9.17, 15) is 9.59 Å². The van der Waals surface area contributed by atoms with Crippen molar-refractivity contribution >= 4 is 16.9 Å². The molecule has 0 aliphatic rings. The molecule has 0 aliphatic heterocycles. The molecular weight excluding hydrogens is 266 g/mol. The van der Waals surface area contributed by atoms with Crippen LogP contribution in [0.3, 0.4) is 0 Å². The van der Waals surface area contributed by atoms with Crippen molar-refractivity contribution in [2.24, 2.45) is 0 Å². The molecule has 0 bridgehead atoms. The average molecular weight is 281 g/mol. The lowest BCUT2D eigenvalue weighted by atomic mass is 10.1. The third-order valence-corrected chi connectivity index (χ3v) is 3.44. The Bertz CT molecular complexity index is 833. The summed E-state index contributed by atoms with van der Waals surface area (Å²) in [5.74, 6) is -0.216. The Hall–Kier alpha value is -2.82. The Kier molecular flexibility index (Phi) is 3.31. The van der Waals surface area contributed by atoms with Crippen molar-refractivity contribution in [2.75, 3.05) is 0 Å². The lowest BCUT2D eigenvalue weighted by molar-refractivity contribution is 0.0941. The van der Waals surface area contributed by atoms with Crippen molar-refractivity contribution < 1.29 is 4.79 Å². The SMILES string of the molecule is CC(NC(=O)c1cccc2[nH]c(=O)[nH]c12)c1ccccc1. The molecule has 0 aliphatic carbocycles. The van der Waals surface area contributed by atoms with E-state index in [0.717, 1.165) is 5.56 Å². The number of para-hydroxylation sites is 1. The van der Waals surface area contributed by atoms with Crippen molar-refractivity contribution in [3.8, 4) is 0 Å². The number of fused-ring (bicyclic) bond motifs is 1. The average Bonchev–Trinajstić information content (AvgIpc) is 2.87. The quantitative estimate of drug-likeness (QED) is 0.689. The monoisotopic (exact) mass is 281 g/mol. The predicted molar refractivity (Wildman–Crippen MR) is 81.2 cm³/mol. The van der Waals surface area contributed by atoms with Gasteiger partial charge in [0.1, 0.15) is 0 Å². The summed E-state index contributed by atoms with van der Waals surface area (Å²) in [4.78, 5) is 29.1. The van der Waals surface area contributed by atoms with E-state index in [0.29, 0.717) is 16.6 Å². The molecule has 0 saturated carbocycles. The molecule has 0 saturated heterocycles. The molecule has 1 aromatic heterocycles. The van der Waals surface area contributed by atoms with E-state index in [1.807, 2.05) is 37.3 Å². The molecule has 106 valence electrons. The molecule has 5 heteroatoms.